The summed E-state index contributed by atoms with van der Waals surface area (Å²) >= 11 is 1.75. The van der Waals surface area contributed by atoms with Crippen LogP contribution in [0.4, 0.5) is 0 Å². The van der Waals surface area contributed by atoms with Crippen molar-refractivity contribution in [3.8, 4) is 5.75 Å². The quantitative estimate of drug-likeness (QED) is 0.847. The number of benzene rings is 1. The number of amides is 1. The van der Waals surface area contributed by atoms with Gasteiger partial charge in [-0.25, -0.2) is 0 Å². The SMILES string of the molecule is COc1ccc([C@@H]2S[C@@H](C)C(=O)N2CC2CC2)cc1. The number of thioether (sulfide) groups is 1. The molecule has 1 aromatic rings. The number of nitrogens with zero attached hydrogens (tertiary/aromatic N) is 1. The van der Waals surface area contributed by atoms with Gasteiger partial charge in [-0.05, 0) is 43.4 Å². The molecular weight excluding hydrogens is 258 g/mol. The van der Waals surface area contributed by atoms with Gasteiger partial charge in [0.2, 0.25) is 5.91 Å². The van der Waals surface area contributed by atoms with Crippen LogP contribution in [0.15, 0.2) is 24.3 Å². The molecule has 0 unspecified atom stereocenters. The van der Waals surface area contributed by atoms with Crippen LogP contribution in [0, 0.1) is 5.92 Å². The summed E-state index contributed by atoms with van der Waals surface area (Å²) in [6.07, 6.45) is 2.55. The van der Waals surface area contributed by atoms with E-state index < -0.39 is 0 Å². The molecule has 4 heteroatoms. The molecule has 1 aliphatic carbocycles. The standard InChI is InChI=1S/C15H19NO2S/c1-10-14(17)16(9-11-3-4-11)15(19-10)12-5-7-13(18-2)8-6-12/h5-8,10-11,15H,3-4,9H2,1-2H3/t10-,15-/m0/s1. The van der Waals surface area contributed by atoms with Gasteiger partial charge >= 0.3 is 0 Å². The van der Waals surface area contributed by atoms with Gasteiger partial charge in [-0.3, -0.25) is 4.79 Å². The summed E-state index contributed by atoms with van der Waals surface area (Å²) in [5.74, 6) is 1.88. The van der Waals surface area contributed by atoms with Gasteiger partial charge in [0.25, 0.3) is 0 Å². The van der Waals surface area contributed by atoms with Gasteiger partial charge in [0, 0.05) is 6.54 Å². The summed E-state index contributed by atoms with van der Waals surface area (Å²) < 4.78 is 5.19. The van der Waals surface area contributed by atoms with E-state index in [1.54, 1.807) is 18.9 Å². The fraction of sp³-hybridized carbons (Fsp3) is 0.533. The largest absolute Gasteiger partial charge is 0.497 e. The van der Waals surface area contributed by atoms with E-state index in [0.717, 1.165) is 18.2 Å². The summed E-state index contributed by atoms with van der Waals surface area (Å²) in [6.45, 7) is 2.93. The highest BCUT2D eigenvalue weighted by atomic mass is 32.2. The molecular formula is C15H19NO2S. The van der Waals surface area contributed by atoms with Gasteiger partial charge in [-0.1, -0.05) is 12.1 Å². The van der Waals surface area contributed by atoms with Crippen LogP contribution < -0.4 is 4.74 Å². The number of methoxy groups -OCH3 is 1. The van der Waals surface area contributed by atoms with Crippen LogP contribution in [-0.2, 0) is 4.79 Å². The fourth-order valence-electron chi connectivity index (χ4n) is 2.47. The predicted molar refractivity (Wildman–Crippen MR) is 77.2 cm³/mol. The van der Waals surface area contributed by atoms with Crippen LogP contribution in [0.25, 0.3) is 0 Å². The topological polar surface area (TPSA) is 29.5 Å². The van der Waals surface area contributed by atoms with Crippen molar-refractivity contribution in [2.45, 2.75) is 30.4 Å². The summed E-state index contributed by atoms with van der Waals surface area (Å²) in [6, 6.07) is 8.08. The van der Waals surface area contributed by atoms with E-state index in [1.165, 1.54) is 18.4 Å². The minimum atomic E-state index is 0.0749. The average molecular weight is 277 g/mol. The lowest BCUT2D eigenvalue weighted by molar-refractivity contribution is -0.130. The Morgan fingerprint density at radius 3 is 2.58 bits per heavy atom. The number of hydrogen-bond donors (Lipinski definition) is 0. The van der Waals surface area contributed by atoms with Crippen LogP contribution in [0.3, 0.4) is 0 Å². The zero-order valence-corrected chi connectivity index (χ0v) is 12.2. The van der Waals surface area contributed by atoms with Gasteiger partial charge in [-0.2, -0.15) is 0 Å². The van der Waals surface area contributed by atoms with Crippen LogP contribution in [0.2, 0.25) is 0 Å². The normalized spacial score (nSPS) is 26.8. The Hall–Kier alpha value is -1.16. The molecule has 2 aliphatic rings. The van der Waals surface area contributed by atoms with E-state index in [0.29, 0.717) is 0 Å². The summed E-state index contributed by atoms with van der Waals surface area (Å²) in [5, 5.41) is 0.250. The van der Waals surface area contributed by atoms with E-state index in [-0.39, 0.29) is 16.5 Å². The second-order valence-corrected chi connectivity index (χ2v) is 6.76. The molecule has 2 atom stereocenters. The highest BCUT2D eigenvalue weighted by Crippen LogP contribution is 2.45. The first-order valence-corrected chi connectivity index (χ1v) is 7.73. The second kappa shape index (κ2) is 5.08. The minimum Gasteiger partial charge on any atom is -0.497 e. The molecule has 2 fully saturated rings. The first kappa shape index (κ1) is 12.9. The summed E-state index contributed by atoms with van der Waals surface area (Å²) in [7, 11) is 1.67. The zero-order chi connectivity index (χ0) is 13.4. The Morgan fingerprint density at radius 1 is 1.32 bits per heavy atom. The predicted octanol–water partition coefficient (Wildman–Crippen LogP) is 3.07. The van der Waals surface area contributed by atoms with Crippen LogP contribution >= 0.6 is 11.8 Å². The lowest BCUT2D eigenvalue weighted by atomic mass is 10.2. The molecule has 0 aromatic heterocycles. The average Bonchev–Trinajstić information content (AvgIpc) is 3.21. The van der Waals surface area contributed by atoms with Crippen molar-refractivity contribution in [3.63, 3.8) is 0 Å². The maximum atomic E-state index is 12.3. The van der Waals surface area contributed by atoms with Crippen LogP contribution in [0.5, 0.6) is 5.75 Å². The van der Waals surface area contributed by atoms with Crippen molar-refractivity contribution in [3.05, 3.63) is 29.8 Å². The van der Waals surface area contributed by atoms with E-state index in [2.05, 4.69) is 17.0 Å². The minimum absolute atomic E-state index is 0.0749. The maximum absolute atomic E-state index is 12.3. The summed E-state index contributed by atoms with van der Waals surface area (Å²) in [4.78, 5) is 14.3. The van der Waals surface area contributed by atoms with Crippen molar-refractivity contribution in [2.24, 2.45) is 5.92 Å². The highest BCUT2D eigenvalue weighted by molar-refractivity contribution is 8.01. The Morgan fingerprint density at radius 2 is 2.00 bits per heavy atom. The van der Waals surface area contributed by atoms with Crippen molar-refractivity contribution in [2.75, 3.05) is 13.7 Å². The Kier molecular flexibility index (Phi) is 3.44. The Balaban J connectivity index is 1.81. The Labute approximate surface area is 118 Å². The number of ether oxygens (including phenoxy) is 1. The molecule has 1 saturated carbocycles. The smallest absolute Gasteiger partial charge is 0.236 e. The molecule has 1 saturated heterocycles. The van der Waals surface area contributed by atoms with E-state index in [9.17, 15) is 4.79 Å². The lowest BCUT2D eigenvalue weighted by Gasteiger charge is -2.24. The van der Waals surface area contributed by atoms with Gasteiger partial charge in [0.05, 0.1) is 12.4 Å². The van der Waals surface area contributed by atoms with Crippen LogP contribution in [-0.4, -0.2) is 29.7 Å². The third-order valence-electron chi connectivity index (χ3n) is 3.80. The highest BCUT2D eigenvalue weighted by Gasteiger charge is 2.40. The van der Waals surface area contributed by atoms with Crippen molar-refractivity contribution in [1.82, 2.24) is 4.90 Å². The third kappa shape index (κ3) is 2.59. The first-order valence-electron chi connectivity index (χ1n) is 6.79. The van der Waals surface area contributed by atoms with Gasteiger partial charge in [-0.15, -0.1) is 11.8 Å². The van der Waals surface area contributed by atoms with Crippen molar-refractivity contribution >= 4 is 17.7 Å². The van der Waals surface area contributed by atoms with Crippen LogP contribution in [0.1, 0.15) is 30.7 Å². The van der Waals surface area contributed by atoms with Crippen molar-refractivity contribution < 1.29 is 9.53 Å². The number of hydrogen-bond acceptors (Lipinski definition) is 3. The molecule has 0 N–H and O–H groups in total. The third-order valence-corrected chi connectivity index (χ3v) is 5.19. The van der Waals surface area contributed by atoms with E-state index in [4.69, 9.17) is 4.74 Å². The number of carbonyl (C=O) groups excluding carboxylic acids is 1. The molecule has 1 aliphatic heterocycles. The molecule has 102 valence electrons. The first-order chi connectivity index (χ1) is 9.19. The number of rotatable bonds is 4. The molecule has 0 spiro atoms. The molecule has 1 amide bonds. The fourth-order valence-corrected chi connectivity index (χ4v) is 3.76. The second-order valence-electron chi connectivity index (χ2n) is 5.34. The molecule has 3 nitrogen and oxygen atoms in total. The lowest BCUT2D eigenvalue weighted by Crippen LogP contribution is -2.32. The maximum Gasteiger partial charge on any atom is 0.236 e. The molecule has 3 rings (SSSR count). The molecule has 1 aromatic carbocycles. The molecule has 19 heavy (non-hydrogen) atoms. The molecule has 1 heterocycles. The molecule has 0 radical (unpaired) electrons. The number of carbonyl (C=O) groups is 1. The van der Waals surface area contributed by atoms with E-state index >= 15 is 0 Å². The van der Waals surface area contributed by atoms with E-state index in [1.807, 2.05) is 19.1 Å². The van der Waals surface area contributed by atoms with Gasteiger partial charge in [0.15, 0.2) is 0 Å². The zero-order valence-electron chi connectivity index (χ0n) is 11.3. The monoisotopic (exact) mass is 277 g/mol. The Bertz CT molecular complexity index is 470. The van der Waals surface area contributed by atoms with Gasteiger partial charge in [0.1, 0.15) is 11.1 Å². The van der Waals surface area contributed by atoms with Gasteiger partial charge < -0.3 is 9.64 Å². The summed E-state index contributed by atoms with van der Waals surface area (Å²) in [5.41, 5.74) is 1.20. The van der Waals surface area contributed by atoms with Crippen molar-refractivity contribution in [1.29, 1.82) is 0 Å². The molecule has 0 bridgehead atoms.